The second-order valence-electron chi connectivity index (χ2n) is 4.60. The minimum Gasteiger partial charge on any atom is -0.502 e. The van der Waals surface area contributed by atoms with Crippen molar-refractivity contribution in [3.8, 4) is 5.75 Å². The third kappa shape index (κ3) is 3.38. The fraction of sp³-hybridized carbons (Fsp3) is 0.214. The molecule has 0 aliphatic heterocycles. The van der Waals surface area contributed by atoms with Crippen LogP contribution in [0.3, 0.4) is 0 Å². The van der Waals surface area contributed by atoms with Gasteiger partial charge in [-0.05, 0) is 37.6 Å². The smallest absolute Gasteiger partial charge is 0.310 e. The van der Waals surface area contributed by atoms with Gasteiger partial charge in [0.05, 0.1) is 11.5 Å². The van der Waals surface area contributed by atoms with E-state index in [0.717, 1.165) is 17.0 Å². The molecule has 0 aliphatic rings. The van der Waals surface area contributed by atoms with E-state index in [0.29, 0.717) is 6.54 Å². The average molecular weight is 306 g/mol. The molecule has 0 atom stereocenters. The van der Waals surface area contributed by atoms with Gasteiger partial charge in [-0.2, -0.15) is 0 Å². The molecule has 0 fully saturated rings. The first-order valence-corrected chi connectivity index (χ1v) is 7.01. The molecule has 1 aromatic heterocycles. The second-order valence-corrected chi connectivity index (χ2v) is 5.94. The van der Waals surface area contributed by atoms with E-state index < -0.39 is 16.4 Å². The third-order valence-electron chi connectivity index (χ3n) is 3.07. The Bertz CT molecular complexity index is 689. The van der Waals surface area contributed by atoms with Crippen molar-refractivity contribution < 1.29 is 14.8 Å². The van der Waals surface area contributed by atoms with Crippen molar-refractivity contribution in [3.05, 3.63) is 55.3 Å². The van der Waals surface area contributed by atoms with E-state index in [1.807, 2.05) is 19.9 Å². The van der Waals surface area contributed by atoms with Crippen LogP contribution in [0.1, 0.15) is 25.7 Å². The number of carbonyl (C=O) groups is 1. The third-order valence-corrected chi connectivity index (χ3v) is 4.23. The zero-order chi connectivity index (χ0) is 15.6. The number of aryl methyl sites for hydroxylation is 2. The Kier molecular flexibility index (Phi) is 4.23. The standard InChI is InChI=1S/C14H14N2O4S/c1-8-5-11(21-9(8)2)7-15-14(18)10-3-4-12(16(19)20)13(17)6-10/h3-6,17H,7H2,1-2H3,(H,15,18). The molecular weight excluding hydrogens is 292 g/mol. The van der Waals surface area contributed by atoms with Crippen LogP contribution < -0.4 is 5.32 Å². The predicted molar refractivity (Wildman–Crippen MR) is 79.7 cm³/mol. The highest BCUT2D eigenvalue weighted by atomic mass is 32.1. The molecule has 0 spiro atoms. The maximum atomic E-state index is 12.0. The fourth-order valence-electron chi connectivity index (χ4n) is 1.83. The maximum absolute atomic E-state index is 12.0. The first-order chi connectivity index (χ1) is 9.88. The van der Waals surface area contributed by atoms with Crippen LogP contribution in [0.4, 0.5) is 5.69 Å². The molecule has 0 saturated heterocycles. The van der Waals surface area contributed by atoms with Gasteiger partial charge in [0, 0.05) is 21.4 Å². The molecule has 7 heteroatoms. The molecule has 1 amide bonds. The molecular formula is C14H14N2O4S. The van der Waals surface area contributed by atoms with E-state index in [-0.39, 0.29) is 11.5 Å². The Labute approximate surface area is 125 Å². The number of phenols is 1. The summed E-state index contributed by atoms with van der Waals surface area (Å²) in [5, 5.41) is 22.8. The molecule has 0 bridgehead atoms. The number of benzene rings is 1. The van der Waals surface area contributed by atoms with Crippen LogP contribution in [-0.4, -0.2) is 15.9 Å². The highest BCUT2D eigenvalue weighted by molar-refractivity contribution is 7.12. The van der Waals surface area contributed by atoms with Gasteiger partial charge in [0.2, 0.25) is 0 Å². The van der Waals surface area contributed by atoms with Gasteiger partial charge in [-0.15, -0.1) is 11.3 Å². The zero-order valence-electron chi connectivity index (χ0n) is 11.5. The quantitative estimate of drug-likeness (QED) is 0.671. The van der Waals surface area contributed by atoms with Gasteiger partial charge in [-0.25, -0.2) is 0 Å². The molecule has 0 radical (unpaired) electrons. The van der Waals surface area contributed by atoms with Crippen molar-refractivity contribution in [2.75, 3.05) is 0 Å². The summed E-state index contributed by atoms with van der Waals surface area (Å²) < 4.78 is 0. The lowest BCUT2D eigenvalue weighted by molar-refractivity contribution is -0.385. The number of hydrogen-bond acceptors (Lipinski definition) is 5. The molecule has 2 N–H and O–H groups in total. The van der Waals surface area contributed by atoms with Gasteiger partial charge < -0.3 is 10.4 Å². The summed E-state index contributed by atoms with van der Waals surface area (Å²) in [5.41, 5.74) is 0.941. The lowest BCUT2D eigenvalue weighted by Gasteiger charge is -2.04. The van der Waals surface area contributed by atoms with Crippen molar-refractivity contribution in [1.82, 2.24) is 5.32 Å². The summed E-state index contributed by atoms with van der Waals surface area (Å²) >= 11 is 1.61. The van der Waals surface area contributed by atoms with Crippen molar-refractivity contribution >= 4 is 22.9 Å². The van der Waals surface area contributed by atoms with Crippen LogP contribution in [-0.2, 0) is 6.54 Å². The topological polar surface area (TPSA) is 92.5 Å². The number of nitro benzene ring substituents is 1. The van der Waals surface area contributed by atoms with E-state index in [4.69, 9.17) is 0 Å². The van der Waals surface area contributed by atoms with Crippen molar-refractivity contribution in [3.63, 3.8) is 0 Å². The normalized spacial score (nSPS) is 10.4. The number of rotatable bonds is 4. The first-order valence-electron chi connectivity index (χ1n) is 6.20. The molecule has 0 saturated carbocycles. The molecule has 2 aromatic rings. The number of phenolic OH excluding ortho intramolecular Hbond substituents is 1. The lowest BCUT2D eigenvalue weighted by Crippen LogP contribution is -2.22. The maximum Gasteiger partial charge on any atom is 0.310 e. The van der Waals surface area contributed by atoms with Crippen LogP contribution in [0.25, 0.3) is 0 Å². The van der Waals surface area contributed by atoms with Gasteiger partial charge >= 0.3 is 5.69 Å². The van der Waals surface area contributed by atoms with Crippen molar-refractivity contribution in [2.45, 2.75) is 20.4 Å². The number of hydrogen-bond donors (Lipinski definition) is 2. The fourth-order valence-corrected chi connectivity index (χ4v) is 2.82. The van der Waals surface area contributed by atoms with Gasteiger partial charge in [0.1, 0.15) is 0 Å². The average Bonchev–Trinajstić information content (AvgIpc) is 2.74. The molecule has 6 nitrogen and oxygen atoms in total. The van der Waals surface area contributed by atoms with Gasteiger partial charge in [-0.3, -0.25) is 14.9 Å². The molecule has 0 unspecified atom stereocenters. The number of nitrogens with one attached hydrogen (secondary N) is 1. The predicted octanol–water partition coefficient (Wildman–Crippen LogP) is 2.91. The Hall–Kier alpha value is -2.41. The number of amides is 1. The number of aromatic hydroxyl groups is 1. The zero-order valence-corrected chi connectivity index (χ0v) is 12.4. The minimum atomic E-state index is -0.700. The van der Waals surface area contributed by atoms with E-state index in [9.17, 15) is 20.0 Å². The van der Waals surface area contributed by atoms with Crippen LogP contribution in [0.5, 0.6) is 5.75 Å². The summed E-state index contributed by atoms with van der Waals surface area (Å²) in [5.74, 6) is -0.903. The molecule has 0 aliphatic carbocycles. The van der Waals surface area contributed by atoms with Gasteiger partial charge in [0.25, 0.3) is 5.91 Å². The first kappa shape index (κ1) is 15.0. The molecule has 1 heterocycles. The highest BCUT2D eigenvalue weighted by Gasteiger charge is 2.16. The Balaban J connectivity index is 2.06. The number of nitrogens with zero attached hydrogens (tertiary/aromatic N) is 1. The summed E-state index contributed by atoms with van der Waals surface area (Å²) in [6.07, 6.45) is 0. The van der Waals surface area contributed by atoms with E-state index in [2.05, 4.69) is 5.32 Å². The van der Waals surface area contributed by atoms with E-state index >= 15 is 0 Å². The summed E-state index contributed by atoms with van der Waals surface area (Å²) in [6, 6.07) is 5.54. The number of nitro groups is 1. The van der Waals surface area contributed by atoms with E-state index in [1.165, 1.54) is 16.5 Å². The molecule has 21 heavy (non-hydrogen) atoms. The molecule has 1 aromatic carbocycles. The van der Waals surface area contributed by atoms with Gasteiger partial charge in [0.15, 0.2) is 5.75 Å². The summed E-state index contributed by atoms with van der Waals surface area (Å²) in [4.78, 5) is 24.1. The van der Waals surface area contributed by atoms with Gasteiger partial charge in [-0.1, -0.05) is 0 Å². The Morgan fingerprint density at radius 2 is 2.10 bits per heavy atom. The Morgan fingerprint density at radius 3 is 2.62 bits per heavy atom. The lowest BCUT2D eigenvalue weighted by atomic mass is 10.1. The van der Waals surface area contributed by atoms with Crippen LogP contribution in [0.15, 0.2) is 24.3 Å². The van der Waals surface area contributed by atoms with Crippen LogP contribution in [0, 0.1) is 24.0 Å². The summed E-state index contributed by atoms with van der Waals surface area (Å²) in [7, 11) is 0. The van der Waals surface area contributed by atoms with Crippen molar-refractivity contribution in [2.24, 2.45) is 0 Å². The van der Waals surface area contributed by atoms with Crippen molar-refractivity contribution in [1.29, 1.82) is 0 Å². The minimum absolute atomic E-state index is 0.183. The Morgan fingerprint density at radius 1 is 1.38 bits per heavy atom. The monoisotopic (exact) mass is 306 g/mol. The molecule has 2 rings (SSSR count). The largest absolute Gasteiger partial charge is 0.502 e. The SMILES string of the molecule is Cc1cc(CNC(=O)c2ccc([N+](=O)[O-])c(O)c2)sc1C. The summed E-state index contributed by atoms with van der Waals surface area (Å²) in [6.45, 7) is 4.40. The van der Waals surface area contributed by atoms with Crippen LogP contribution in [0.2, 0.25) is 0 Å². The highest BCUT2D eigenvalue weighted by Crippen LogP contribution is 2.26. The molecule has 110 valence electrons. The second kappa shape index (κ2) is 5.92. The number of thiophene rings is 1. The van der Waals surface area contributed by atoms with Crippen LogP contribution >= 0.6 is 11.3 Å². The van der Waals surface area contributed by atoms with E-state index in [1.54, 1.807) is 11.3 Å². The number of carbonyl (C=O) groups excluding carboxylic acids is 1.